The van der Waals surface area contributed by atoms with E-state index in [1.807, 2.05) is 27.7 Å². The minimum Gasteiger partial charge on any atom is -0.489 e. The van der Waals surface area contributed by atoms with Crippen molar-refractivity contribution < 1.29 is 14.4 Å². The molecule has 0 aliphatic heterocycles. The van der Waals surface area contributed by atoms with Crippen LogP contribution in [0.3, 0.4) is 0 Å². The first-order valence-corrected chi connectivity index (χ1v) is 9.63. The molecule has 2 aromatic rings. The molecule has 1 aliphatic rings. The number of pyridine rings is 1. The first kappa shape index (κ1) is 21.1. The zero-order chi connectivity index (χ0) is 21.4. The molecule has 0 bridgehead atoms. The number of benzene rings is 1. The third-order valence-electron chi connectivity index (χ3n) is 5.59. The Morgan fingerprint density at radius 3 is 2.45 bits per heavy atom. The van der Waals surface area contributed by atoms with Gasteiger partial charge < -0.3 is 4.74 Å². The Bertz CT molecular complexity index is 938. The standard InChI is InChI=1S/C22H24ClN3O3/c1-21(2)19(26(28-6)18(27)14-8-7-11-25-13-14)22(3,4)20(21)29-15-9-10-17(24-5)16(23)12-15/h7-13,19-20H,1-4,6H3. The van der Waals surface area contributed by atoms with Crippen molar-refractivity contribution in [3.8, 4) is 5.75 Å². The van der Waals surface area contributed by atoms with Crippen LogP contribution in [0.15, 0.2) is 42.7 Å². The number of aromatic nitrogens is 1. The number of ether oxygens (including phenoxy) is 1. The molecule has 29 heavy (non-hydrogen) atoms. The number of rotatable bonds is 5. The minimum atomic E-state index is -0.400. The first-order valence-electron chi connectivity index (χ1n) is 9.26. The van der Waals surface area contributed by atoms with Crippen LogP contribution in [0, 0.1) is 17.4 Å². The zero-order valence-electron chi connectivity index (χ0n) is 17.1. The van der Waals surface area contributed by atoms with Crippen LogP contribution in [-0.2, 0) is 4.84 Å². The maximum atomic E-state index is 13.0. The van der Waals surface area contributed by atoms with Crippen LogP contribution in [0.5, 0.6) is 5.75 Å². The zero-order valence-corrected chi connectivity index (χ0v) is 17.9. The molecule has 1 aromatic carbocycles. The number of hydroxylamine groups is 2. The quantitative estimate of drug-likeness (QED) is 0.501. The van der Waals surface area contributed by atoms with Crippen LogP contribution in [0.2, 0.25) is 5.02 Å². The number of hydrogen-bond acceptors (Lipinski definition) is 4. The van der Waals surface area contributed by atoms with Gasteiger partial charge in [-0.15, -0.1) is 0 Å². The average molecular weight is 414 g/mol. The maximum absolute atomic E-state index is 13.0. The van der Waals surface area contributed by atoms with Crippen LogP contribution in [0.4, 0.5) is 5.69 Å². The van der Waals surface area contributed by atoms with Gasteiger partial charge in [0.15, 0.2) is 0 Å². The Labute approximate surface area is 176 Å². The van der Waals surface area contributed by atoms with Crippen molar-refractivity contribution in [1.29, 1.82) is 0 Å². The summed E-state index contributed by atoms with van der Waals surface area (Å²) in [5, 5.41) is 1.78. The molecule has 0 spiro atoms. The largest absolute Gasteiger partial charge is 0.489 e. The van der Waals surface area contributed by atoms with Crippen molar-refractivity contribution in [3.63, 3.8) is 0 Å². The summed E-state index contributed by atoms with van der Waals surface area (Å²) in [6.45, 7) is 15.3. The van der Waals surface area contributed by atoms with E-state index in [0.717, 1.165) is 0 Å². The Kier molecular flexibility index (Phi) is 5.57. The van der Waals surface area contributed by atoms with Crippen LogP contribution >= 0.6 is 11.6 Å². The lowest BCUT2D eigenvalue weighted by Crippen LogP contribution is -2.75. The molecule has 1 saturated carbocycles. The van der Waals surface area contributed by atoms with E-state index >= 15 is 0 Å². The van der Waals surface area contributed by atoms with E-state index in [4.69, 9.17) is 27.7 Å². The van der Waals surface area contributed by atoms with E-state index in [-0.39, 0.29) is 18.1 Å². The Balaban J connectivity index is 1.86. The highest BCUT2D eigenvalue weighted by atomic mass is 35.5. The lowest BCUT2D eigenvalue weighted by atomic mass is 9.49. The summed E-state index contributed by atoms with van der Waals surface area (Å²) in [6, 6.07) is 8.26. The molecule has 0 N–H and O–H groups in total. The molecule has 1 aliphatic carbocycles. The molecule has 3 rings (SSSR count). The number of carbonyl (C=O) groups excluding carboxylic acids is 1. The topological polar surface area (TPSA) is 56.0 Å². The van der Waals surface area contributed by atoms with E-state index in [9.17, 15) is 4.79 Å². The Morgan fingerprint density at radius 2 is 1.93 bits per heavy atom. The van der Waals surface area contributed by atoms with Gasteiger partial charge in [0, 0.05) is 23.2 Å². The van der Waals surface area contributed by atoms with Crippen LogP contribution in [0.1, 0.15) is 38.1 Å². The molecule has 1 fully saturated rings. The molecular weight excluding hydrogens is 390 g/mol. The third kappa shape index (κ3) is 3.57. The number of halogens is 1. The maximum Gasteiger partial charge on any atom is 0.279 e. The van der Waals surface area contributed by atoms with Gasteiger partial charge in [-0.25, -0.2) is 9.91 Å². The van der Waals surface area contributed by atoms with Crippen molar-refractivity contribution in [2.24, 2.45) is 10.8 Å². The smallest absolute Gasteiger partial charge is 0.279 e. The van der Waals surface area contributed by atoms with Gasteiger partial charge in [0.1, 0.15) is 11.9 Å². The third-order valence-corrected chi connectivity index (χ3v) is 5.90. The molecule has 1 aromatic heterocycles. The van der Waals surface area contributed by atoms with Gasteiger partial charge in [-0.1, -0.05) is 45.4 Å². The molecule has 1 amide bonds. The van der Waals surface area contributed by atoms with Crippen LogP contribution in [0.25, 0.3) is 4.85 Å². The van der Waals surface area contributed by atoms with Crippen molar-refractivity contribution in [2.75, 3.05) is 7.11 Å². The van der Waals surface area contributed by atoms with Crippen molar-refractivity contribution in [3.05, 3.63) is 64.7 Å². The van der Waals surface area contributed by atoms with E-state index in [1.54, 1.807) is 36.5 Å². The monoisotopic (exact) mass is 413 g/mol. The number of hydrogen-bond donors (Lipinski definition) is 0. The highest BCUT2D eigenvalue weighted by molar-refractivity contribution is 6.33. The minimum absolute atomic E-state index is 0.200. The van der Waals surface area contributed by atoms with Crippen LogP contribution in [-0.4, -0.2) is 35.2 Å². The molecular formula is C22H24ClN3O3. The van der Waals surface area contributed by atoms with E-state index < -0.39 is 10.8 Å². The lowest BCUT2D eigenvalue weighted by Gasteiger charge is -2.64. The van der Waals surface area contributed by atoms with E-state index in [0.29, 0.717) is 22.0 Å². The van der Waals surface area contributed by atoms with Crippen molar-refractivity contribution in [2.45, 2.75) is 39.8 Å². The summed E-state index contributed by atoms with van der Waals surface area (Å²) < 4.78 is 6.28. The summed E-state index contributed by atoms with van der Waals surface area (Å²) in [5.41, 5.74) is 0.0495. The highest BCUT2D eigenvalue weighted by Crippen LogP contribution is 2.58. The van der Waals surface area contributed by atoms with E-state index in [2.05, 4.69) is 9.83 Å². The van der Waals surface area contributed by atoms with Gasteiger partial charge in [0.05, 0.1) is 30.3 Å². The van der Waals surface area contributed by atoms with Gasteiger partial charge in [0.2, 0.25) is 5.69 Å². The predicted molar refractivity (Wildman–Crippen MR) is 111 cm³/mol. The van der Waals surface area contributed by atoms with Crippen molar-refractivity contribution >= 4 is 23.2 Å². The second-order valence-corrected chi connectivity index (χ2v) is 8.73. The lowest BCUT2D eigenvalue weighted by molar-refractivity contribution is -0.273. The summed E-state index contributed by atoms with van der Waals surface area (Å²) in [4.78, 5) is 26.0. The molecule has 1 heterocycles. The molecule has 0 saturated heterocycles. The predicted octanol–water partition coefficient (Wildman–Crippen LogP) is 5.17. The summed E-state index contributed by atoms with van der Waals surface area (Å²) in [6.07, 6.45) is 2.95. The normalized spacial score (nSPS) is 21.6. The van der Waals surface area contributed by atoms with Gasteiger partial charge in [-0.2, -0.15) is 0 Å². The second-order valence-electron chi connectivity index (χ2n) is 8.32. The summed E-state index contributed by atoms with van der Waals surface area (Å²) in [7, 11) is 1.50. The van der Waals surface area contributed by atoms with Gasteiger partial charge in [-0.3, -0.25) is 14.6 Å². The fraction of sp³-hybridized carbons (Fsp3) is 0.409. The fourth-order valence-electron chi connectivity index (χ4n) is 4.73. The summed E-state index contributed by atoms with van der Waals surface area (Å²) >= 11 is 6.15. The molecule has 7 heteroatoms. The Morgan fingerprint density at radius 1 is 1.24 bits per heavy atom. The molecule has 6 nitrogen and oxygen atoms in total. The Hall–Kier alpha value is -2.62. The number of carbonyl (C=O) groups is 1. The molecule has 0 unspecified atom stereocenters. The van der Waals surface area contributed by atoms with Crippen molar-refractivity contribution in [1.82, 2.24) is 10.0 Å². The van der Waals surface area contributed by atoms with E-state index in [1.165, 1.54) is 18.4 Å². The van der Waals surface area contributed by atoms with Gasteiger partial charge in [-0.05, 0) is 24.3 Å². The average Bonchev–Trinajstić information content (AvgIpc) is 2.69. The second kappa shape index (κ2) is 7.66. The highest BCUT2D eigenvalue weighted by Gasteiger charge is 2.67. The summed E-state index contributed by atoms with van der Waals surface area (Å²) in [5.74, 6) is 0.351. The molecule has 152 valence electrons. The van der Waals surface area contributed by atoms with Gasteiger partial charge >= 0.3 is 0 Å². The first-order chi connectivity index (χ1) is 13.6. The van der Waals surface area contributed by atoms with Gasteiger partial charge in [0.25, 0.3) is 5.91 Å². The molecule has 0 atom stereocenters. The molecule has 0 radical (unpaired) electrons. The SMILES string of the molecule is [C-]#[N+]c1ccc(OC2C(C)(C)C(N(OC)C(=O)c3cccnc3)C2(C)C)cc1Cl. The number of amides is 1. The number of nitrogens with zero attached hydrogens (tertiary/aromatic N) is 3. The fourth-order valence-corrected chi connectivity index (χ4v) is 4.94. The van der Waals surface area contributed by atoms with Crippen LogP contribution < -0.4 is 4.74 Å².